The van der Waals surface area contributed by atoms with E-state index in [1.54, 1.807) is 31.4 Å². The molecule has 0 saturated carbocycles. The molecule has 5 heteroatoms. The van der Waals surface area contributed by atoms with Crippen molar-refractivity contribution in [3.8, 4) is 5.75 Å². The van der Waals surface area contributed by atoms with E-state index in [9.17, 15) is 5.11 Å². The van der Waals surface area contributed by atoms with Crippen molar-refractivity contribution in [1.82, 2.24) is 0 Å². The minimum absolute atomic E-state index is 0.445. The van der Waals surface area contributed by atoms with Crippen LogP contribution in [-0.2, 0) is 6.42 Å². The Morgan fingerprint density at radius 1 is 1.28 bits per heavy atom. The minimum Gasteiger partial charge on any atom is -0.496 e. The van der Waals surface area contributed by atoms with Crippen LogP contribution in [0.25, 0.3) is 0 Å². The van der Waals surface area contributed by atoms with E-state index in [1.807, 2.05) is 6.07 Å². The van der Waals surface area contributed by atoms with Gasteiger partial charge in [-0.1, -0.05) is 23.2 Å². The average Bonchev–Trinajstić information content (AvgIpc) is 2.76. The van der Waals surface area contributed by atoms with Gasteiger partial charge >= 0.3 is 0 Å². The van der Waals surface area contributed by atoms with Crippen molar-refractivity contribution < 1.29 is 9.84 Å². The van der Waals surface area contributed by atoms with Crippen molar-refractivity contribution >= 4 is 34.5 Å². The Bertz CT molecular complexity index is 540. The maximum Gasteiger partial charge on any atom is 0.122 e. The summed E-state index contributed by atoms with van der Waals surface area (Å²) in [5.74, 6) is 0.723. The number of hydrogen-bond donors (Lipinski definition) is 1. The van der Waals surface area contributed by atoms with E-state index in [0.717, 1.165) is 16.2 Å². The SMILES string of the molecule is COc1ccc(Cl)cc1CC(O)c1ccc(Cl)s1. The van der Waals surface area contributed by atoms with Gasteiger partial charge < -0.3 is 9.84 Å². The second-order valence-corrected chi connectivity index (χ2v) is 6.00. The molecule has 0 saturated heterocycles. The highest BCUT2D eigenvalue weighted by Gasteiger charge is 2.14. The monoisotopic (exact) mass is 302 g/mol. The zero-order valence-electron chi connectivity index (χ0n) is 9.69. The highest BCUT2D eigenvalue weighted by Crippen LogP contribution is 2.32. The first-order valence-corrected chi connectivity index (χ1v) is 6.93. The van der Waals surface area contributed by atoms with Crippen LogP contribution < -0.4 is 4.74 Å². The Morgan fingerprint density at radius 3 is 2.67 bits per heavy atom. The number of rotatable bonds is 4. The van der Waals surface area contributed by atoms with Crippen LogP contribution in [0.5, 0.6) is 5.75 Å². The first-order chi connectivity index (χ1) is 8.60. The van der Waals surface area contributed by atoms with Crippen LogP contribution in [-0.4, -0.2) is 12.2 Å². The van der Waals surface area contributed by atoms with Gasteiger partial charge in [0.2, 0.25) is 0 Å². The quantitative estimate of drug-likeness (QED) is 0.910. The van der Waals surface area contributed by atoms with E-state index in [-0.39, 0.29) is 0 Å². The summed E-state index contributed by atoms with van der Waals surface area (Å²) in [6.45, 7) is 0. The van der Waals surface area contributed by atoms with Gasteiger partial charge in [-0.15, -0.1) is 11.3 Å². The van der Waals surface area contributed by atoms with Gasteiger partial charge in [0, 0.05) is 16.3 Å². The Morgan fingerprint density at radius 2 is 2.06 bits per heavy atom. The summed E-state index contributed by atoms with van der Waals surface area (Å²) in [5.41, 5.74) is 0.877. The van der Waals surface area contributed by atoms with Crippen LogP contribution >= 0.6 is 34.5 Å². The van der Waals surface area contributed by atoms with Gasteiger partial charge in [0.1, 0.15) is 5.75 Å². The lowest BCUT2D eigenvalue weighted by molar-refractivity contribution is 0.181. The Labute approximate surface area is 120 Å². The van der Waals surface area contributed by atoms with Crippen molar-refractivity contribution in [2.45, 2.75) is 12.5 Å². The predicted molar refractivity (Wildman–Crippen MR) is 76.0 cm³/mol. The summed E-state index contributed by atoms with van der Waals surface area (Å²) in [5, 5.41) is 10.8. The molecule has 0 aliphatic rings. The molecule has 2 nitrogen and oxygen atoms in total. The molecule has 2 aromatic rings. The largest absolute Gasteiger partial charge is 0.496 e. The summed E-state index contributed by atoms with van der Waals surface area (Å²) in [6.07, 6.45) is -0.157. The third kappa shape index (κ3) is 3.18. The maximum atomic E-state index is 10.2. The number of methoxy groups -OCH3 is 1. The highest BCUT2D eigenvalue weighted by molar-refractivity contribution is 7.16. The Kier molecular flexibility index (Phi) is 4.51. The zero-order valence-corrected chi connectivity index (χ0v) is 12.0. The van der Waals surface area contributed by atoms with E-state index in [0.29, 0.717) is 15.8 Å². The van der Waals surface area contributed by atoms with Crippen molar-refractivity contribution in [2.75, 3.05) is 7.11 Å². The number of thiophene rings is 1. The maximum absolute atomic E-state index is 10.2. The van der Waals surface area contributed by atoms with Crippen molar-refractivity contribution in [2.24, 2.45) is 0 Å². The van der Waals surface area contributed by atoms with E-state index in [1.165, 1.54) is 11.3 Å². The molecule has 0 aliphatic heterocycles. The van der Waals surface area contributed by atoms with Crippen LogP contribution in [0.15, 0.2) is 30.3 Å². The van der Waals surface area contributed by atoms with Crippen LogP contribution in [0.1, 0.15) is 16.5 Å². The molecular formula is C13H12Cl2O2S. The lowest BCUT2D eigenvalue weighted by Crippen LogP contribution is -2.01. The number of benzene rings is 1. The lowest BCUT2D eigenvalue weighted by atomic mass is 10.1. The van der Waals surface area contributed by atoms with Gasteiger partial charge in [-0.25, -0.2) is 0 Å². The topological polar surface area (TPSA) is 29.5 Å². The molecule has 0 amide bonds. The van der Waals surface area contributed by atoms with Gasteiger partial charge in [-0.3, -0.25) is 0 Å². The first kappa shape index (κ1) is 13.7. The smallest absolute Gasteiger partial charge is 0.122 e. The van der Waals surface area contributed by atoms with E-state index in [2.05, 4.69) is 0 Å². The molecule has 18 heavy (non-hydrogen) atoms. The summed E-state index contributed by atoms with van der Waals surface area (Å²) >= 11 is 13.2. The molecule has 0 bridgehead atoms. The van der Waals surface area contributed by atoms with Crippen LogP contribution in [0, 0.1) is 0 Å². The number of hydrogen-bond acceptors (Lipinski definition) is 3. The van der Waals surface area contributed by atoms with E-state index < -0.39 is 6.10 Å². The molecule has 1 atom stereocenters. The van der Waals surface area contributed by atoms with Crippen LogP contribution in [0.2, 0.25) is 9.36 Å². The van der Waals surface area contributed by atoms with E-state index >= 15 is 0 Å². The van der Waals surface area contributed by atoms with Crippen LogP contribution in [0.4, 0.5) is 0 Å². The molecule has 0 fully saturated rings. The number of ether oxygens (including phenoxy) is 1. The summed E-state index contributed by atoms with van der Waals surface area (Å²) in [7, 11) is 1.60. The van der Waals surface area contributed by atoms with Gasteiger partial charge in [0.25, 0.3) is 0 Å². The second-order valence-electron chi connectivity index (χ2n) is 3.82. The highest BCUT2D eigenvalue weighted by atomic mass is 35.5. The Balaban J connectivity index is 2.20. The third-order valence-electron chi connectivity index (χ3n) is 2.58. The van der Waals surface area contributed by atoms with Crippen LogP contribution in [0.3, 0.4) is 0 Å². The standard InChI is InChI=1S/C13H12Cl2O2S/c1-17-11-3-2-9(14)6-8(11)7-10(16)12-4-5-13(15)18-12/h2-6,10,16H,7H2,1H3. The van der Waals surface area contributed by atoms with Gasteiger partial charge in [0.15, 0.2) is 0 Å². The Hall–Kier alpha value is -0.740. The normalized spacial score (nSPS) is 12.4. The summed E-state index contributed by atoms with van der Waals surface area (Å²) in [6, 6.07) is 8.97. The molecule has 1 N–H and O–H groups in total. The zero-order chi connectivity index (χ0) is 13.1. The molecule has 96 valence electrons. The number of aliphatic hydroxyl groups is 1. The molecule has 0 radical (unpaired) electrons. The molecule has 1 heterocycles. The fraction of sp³-hybridized carbons (Fsp3) is 0.231. The third-order valence-corrected chi connectivity index (χ3v) is 4.15. The number of aliphatic hydroxyl groups excluding tert-OH is 1. The summed E-state index contributed by atoms with van der Waals surface area (Å²) in [4.78, 5) is 0.835. The fourth-order valence-corrected chi connectivity index (χ4v) is 2.96. The molecule has 0 spiro atoms. The minimum atomic E-state index is -0.602. The number of halogens is 2. The first-order valence-electron chi connectivity index (χ1n) is 5.36. The van der Waals surface area contributed by atoms with E-state index in [4.69, 9.17) is 27.9 Å². The molecular weight excluding hydrogens is 291 g/mol. The van der Waals surface area contributed by atoms with Crippen molar-refractivity contribution in [3.05, 3.63) is 50.1 Å². The molecule has 1 aromatic heterocycles. The average molecular weight is 303 g/mol. The summed E-state index contributed by atoms with van der Waals surface area (Å²) < 4.78 is 5.92. The molecule has 1 aromatic carbocycles. The second kappa shape index (κ2) is 5.93. The predicted octanol–water partition coefficient (Wildman–Crippen LogP) is 4.34. The molecule has 0 aliphatic carbocycles. The van der Waals surface area contributed by atoms with Gasteiger partial charge in [-0.05, 0) is 35.9 Å². The molecule has 2 rings (SSSR count). The van der Waals surface area contributed by atoms with Gasteiger partial charge in [0.05, 0.1) is 17.6 Å². The van der Waals surface area contributed by atoms with Crippen molar-refractivity contribution in [1.29, 1.82) is 0 Å². The lowest BCUT2D eigenvalue weighted by Gasteiger charge is -2.12. The van der Waals surface area contributed by atoms with Gasteiger partial charge in [-0.2, -0.15) is 0 Å². The molecule has 1 unspecified atom stereocenters. The fourth-order valence-electron chi connectivity index (χ4n) is 1.72. The van der Waals surface area contributed by atoms with Crippen molar-refractivity contribution in [3.63, 3.8) is 0 Å².